The smallest absolute Gasteiger partial charge is 0.317 e. The molecule has 0 saturated carbocycles. The van der Waals surface area contributed by atoms with Crippen LogP contribution in [-0.4, -0.2) is 17.5 Å². The molecule has 0 aliphatic rings. The fourth-order valence-electron chi connectivity index (χ4n) is 2.22. The molecule has 5 heteroatoms. The Bertz CT molecular complexity index is 724. The molecule has 1 N–H and O–H groups in total. The fourth-order valence-corrected chi connectivity index (χ4v) is 2.44. The molecule has 0 aliphatic heterocycles. The van der Waals surface area contributed by atoms with Crippen molar-refractivity contribution in [1.82, 2.24) is 10.2 Å². The number of nitriles is 1. The first kappa shape index (κ1) is 16.9. The van der Waals surface area contributed by atoms with E-state index >= 15 is 0 Å². The highest BCUT2D eigenvalue weighted by molar-refractivity contribution is 6.30. The molecule has 0 bridgehead atoms. The van der Waals surface area contributed by atoms with Crippen molar-refractivity contribution in [1.29, 1.82) is 5.26 Å². The summed E-state index contributed by atoms with van der Waals surface area (Å²) in [5.41, 5.74) is 2.47. The standard InChI is InChI=1S/C18H18ClN3O/c1-2-22(13-16-7-4-8-17(19)10-16)18(23)21-12-15-6-3-5-14(9-15)11-20/h3-10H,2,12-13H2,1H3,(H,21,23). The predicted molar refractivity (Wildman–Crippen MR) is 90.9 cm³/mol. The second-order valence-corrected chi connectivity index (χ2v) is 5.55. The Morgan fingerprint density at radius 1 is 1.22 bits per heavy atom. The van der Waals surface area contributed by atoms with E-state index in [4.69, 9.17) is 16.9 Å². The number of benzene rings is 2. The zero-order valence-electron chi connectivity index (χ0n) is 12.9. The van der Waals surface area contributed by atoms with Crippen molar-refractivity contribution < 1.29 is 4.79 Å². The maximum Gasteiger partial charge on any atom is 0.317 e. The highest BCUT2D eigenvalue weighted by Gasteiger charge is 2.12. The van der Waals surface area contributed by atoms with Gasteiger partial charge in [-0.1, -0.05) is 35.9 Å². The average Bonchev–Trinajstić information content (AvgIpc) is 2.57. The van der Waals surface area contributed by atoms with E-state index in [0.717, 1.165) is 11.1 Å². The lowest BCUT2D eigenvalue weighted by Gasteiger charge is -2.21. The van der Waals surface area contributed by atoms with Crippen molar-refractivity contribution in [3.63, 3.8) is 0 Å². The number of rotatable bonds is 5. The summed E-state index contributed by atoms with van der Waals surface area (Å²) in [6, 6.07) is 16.6. The summed E-state index contributed by atoms with van der Waals surface area (Å²) in [5, 5.41) is 12.4. The van der Waals surface area contributed by atoms with Crippen LogP contribution in [-0.2, 0) is 13.1 Å². The molecule has 0 aliphatic carbocycles. The van der Waals surface area contributed by atoms with Crippen LogP contribution in [0.5, 0.6) is 0 Å². The van der Waals surface area contributed by atoms with Crippen LogP contribution < -0.4 is 5.32 Å². The second kappa shape index (κ2) is 8.21. The first-order chi connectivity index (χ1) is 11.1. The van der Waals surface area contributed by atoms with Gasteiger partial charge in [0.25, 0.3) is 0 Å². The molecule has 2 amide bonds. The van der Waals surface area contributed by atoms with E-state index in [9.17, 15) is 4.79 Å². The van der Waals surface area contributed by atoms with E-state index in [1.165, 1.54) is 0 Å². The van der Waals surface area contributed by atoms with Gasteiger partial charge in [-0.25, -0.2) is 4.79 Å². The minimum absolute atomic E-state index is 0.144. The highest BCUT2D eigenvalue weighted by atomic mass is 35.5. The van der Waals surface area contributed by atoms with Crippen LogP contribution in [0.4, 0.5) is 4.79 Å². The largest absolute Gasteiger partial charge is 0.334 e. The summed E-state index contributed by atoms with van der Waals surface area (Å²) >= 11 is 5.98. The van der Waals surface area contributed by atoms with Gasteiger partial charge in [-0.3, -0.25) is 0 Å². The van der Waals surface area contributed by atoms with Crippen molar-refractivity contribution in [2.75, 3.05) is 6.54 Å². The molecule has 0 radical (unpaired) electrons. The first-order valence-electron chi connectivity index (χ1n) is 7.38. The first-order valence-corrected chi connectivity index (χ1v) is 7.76. The zero-order chi connectivity index (χ0) is 16.7. The van der Waals surface area contributed by atoms with Gasteiger partial charge in [0, 0.05) is 24.7 Å². The normalized spacial score (nSPS) is 9.96. The van der Waals surface area contributed by atoms with Crippen LogP contribution >= 0.6 is 11.6 Å². The Morgan fingerprint density at radius 3 is 2.65 bits per heavy atom. The average molecular weight is 328 g/mol. The fraction of sp³-hybridized carbons (Fsp3) is 0.222. The van der Waals surface area contributed by atoms with Crippen molar-refractivity contribution >= 4 is 17.6 Å². The molecular formula is C18H18ClN3O. The van der Waals surface area contributed by atoms with Gasteiger partial charge in [0.2, 0.25) is 0 Å². The van der Waals surface area contributed by atoms with Gasteiger partial charge in [0.15, 0.2) is 0 Å². The Balaban J connectivity index is 1.96. The van der Waals surface area contributed by atoms with Gasteiger partial charge in [-0.05, 0) is 42.3 Å². The molecule has 4 nitrogen and oxygen atoms in total. The van der Waals surface area contributed by atoms with Crippen molar-refractivity contribution in [3.05, 3.63) is 70.2 Å². The van der Waals surface area contributed by atoms with Gasteiger partial charge in [0.05, 0.1) is 11.6 Å². The number of halogens is 1. The third-order valence-corrected chi connectivity index (χ3v) is 3.67. The molecule has 118 valence electrons. The lowest BCUT2D eigenvalue weighted by molar-refractivity contribution is 0.197. The van der Waals surface area contributed by atoms with E-state index in [1.54, 1.807) is 17.0 Å². The minimum atomic E-state index is -0.144. The number of hydrogen-bond acceptors (Lipinski definition) is 2. The number of carbonyl (C=O) groups is 1. The lowest BCUT2D eigenvalue weighted by Crippen LogP contribution is -2.39. The topological polar surface area (TPSA) is 56.1 Å². The van der Waals surface area contributed by atoms with Crippen molar-refractivity contribution in [2.45, 2.75) is 20.0 Å². The summed E-state index contributed by atoms with van der Waals surface area (Å²) in [6.45, 7) is 3.42. The molecule has 0 fully saturated rings. The van der Waals surface area contributed by atoms with E-state index in [-0.39, 0.29) is 6.03 Å². The van der Waals surface area contributed by atoms with Crippen LogP contribution in [0.3, 0.4) is 0 Å². The third kappa shape index (κ3) is 5.01. The molecule has 0 saturated heterocycles. The molecule has 0 atom stereocenters. The van der Waals surface area contributed by atoms with Crippen LogP contribution in [0.1, 0.15) is 23.6 Å². The summed E-state index contributed by atoms with van der Waals surface area (Å²) in [5.74, 6) is 0. The SMILES string of the molecule is CCN(Cc1cccc(Cl)c1)C(=O)NCc1cccc(C#N)c1. The van der Waals surface area contributed by atoms with Crippen molar-refractivity contribution in [3.8, 4) is 6.07 Å². The van der Waals surface area contributed by atoms with Crippen LogP contribution in [0.2, 0.25) is 5.02 Å². The Kier molecular flexibility index (Phi) is 6.02. The van der Waals surface area contributed by atoms with E-state index < -0.39 is 0 Å². The number of carbonyl (C=O) groups excluding carboxylic acids is 1. The number of nitrogens with one attached hydrogen (secondary N) is 1. The molecule has 23 heavy (non-hydrogen) atoms. The van der Waals surface area contributed by atoms with Gasteiger partial charge in [-0.2, -0.15) is 5.26 Å². The summed E-state index contributed by atoms with van der Waals surface area (Å²) in [4.78, 5) is 14.0. The monoisotopic (exact) mass is 327 g/mol. The highest BCUT2D eigenvalue weighted by Crippen LogP contribution is 2.13. The predicted octanol–water partition coefficient (Wildman–Crippen LogP) is 3.94. The van der Waals surface area contributed by atoms with E-state index in [2.05, 4.69) is 11.4 Å². The zero-order valence-corrected chi connectivity index (χ0v) is 13.7. The maximum absolute atomic E-state index is 12.3. The number of urea groups is 1. The number of nitrogens with zero attached hydrogens (tertiary/aromatic N) is 2. The third-order valence-electron chi connectivity index (χ3n) is 3.43. The number of hydrogen-bond donors (Lipinski definition) is 1. The Morgan fingerprint density at radius 2 is 1.96 bits per heavy atom. The summed E-state index contributed by atoms with van der Waals surface area (Å²) in [6.07, 6.45) is 0. The van der Waals surface area contributed by atoms with Gasteiger partial charge < -0.3 is 10.2 Å². The van der Waals surface area contributed by atoms with Crippen LogP contribution in [0, 0.1) is 11.3 Å². The second-order valence-electron chi connectivity index (χ2n) is 5.11. The lowest BCUT2D eigenvalue weighted by atomic mass is 10.1. The van der Waals surface area contributed by atoms with Crippen LogP contribution in [0.15, 0.2) is 48.5 Å². The summed E-state index contributed by atoms with van der Waals surface area (Å²) in [7, 11) is 0. The molecule has 2 aromatic carbocycles. The van der Waals surface area contributed by atoms with Gasteiger partial charge in [0.1, 0.15) is 0 Å². The van der Waals surface area contributed by atoms with Gasteiger partial charge in [-0.15, -0.1) is 0 Å². The maximum atomic E-state index is 12.3. The molecule has 0 aromatic heterocycles. The molecule has 0 unspecified atom stereocenters. The number of amides is 2. The van der Waals surface area contributed by atoms with Crippen LogP contribution in [0.25, 0.3) is 0 Å². The van der Waals surface area contributed by atoms with E-state index in [1.807, 2.05) is 43.3 Å². The molecule has 0 spiro atoms. The van der Waals surface area contributed by atoms with Gasteiger partial charge >= 0.3 is 6.03 Å². The Hall–Kier alpha value is -2.51. The molecule has 0 heterocycles. The molecular weight excluding hydrogens is 310 g/mol. The molecule has 2 rings (SSSR count). The summed E-state index contributed by atoms with van der Waals surface area (Å²) < 4.78 is 0. The Labute approximate surface area is 141 Å². The quantitative estimate of drug-likeness (QED) is 0.904. The minimum Gasteiger partial charge on any atom is -0.334 e. The van der Waals surface area contributed by atoms with E-state index in [0.29, 0.717) is 30.2 Å². The van der Waals surface area contributed by atoms with Crippen molar-refractivity contribution in [2.24, 2.45) is 0 Å². The molecule has 2 aromatic rings.